The molecule has 2 nitrogen and oxygen atoms in total. The molecule has 0 aliphatic carbocycles. The van der Waals surface area contributed by atoms with Crippen LogP contribution in [0.2, 0.25) is 0 Å². The van der Waals surface area contributed by atoms with Gasteiger partial charge in [0.1, 0.15) is 0 Å². The molecule has 2 unspecified atom stereocenters. The maximum atomic E-state index is 10.3. The van der Waals surface area contributed by atoms with Crippen LogP contribution in [-0.2, 0) is 12.0 Å². The Labute approximate surface area is 193 Å². The van der Waals surface area contributed by atoms with Gasteiger partial charge in [-0.1, -0.05) is 89.0 Å². The molecule has 29 heavy (non-hydrogen) atoms. The summed E-state index contributed by atoms with van der Waals surface area (Å²) < 4.78 is 2.01. The molecule has 2 atom stereocenters. The second kappa shape index (κ2) is 11.3. The van der Waals surface area contributed by atoms with Crippen LogP contribution in [0.1, 0.15) is 58.1 Å². The third-order valence-electron chi connectivity index (χ3n) is 5.91. The first-order valence-corrected chi connectivity index (χ1v) is 12.1. The van der Waals surface area contributed by atoms with Crippen LogP contribution in [0, 0.1) is 17.2 Å². The molecule has 156 valence electrons. The monoisotopic (exact) mass is 518 g/mol. The second-order valence-electron chi connectivity index (χ2n) is 8.18. The molecule has 2 aromatic carbocycles. The van der Waals surface area contributed by atoms with E-state index in [1.54, 1.807) is 0 Å². The van der Waals surface area contributed by atoms with Crippen molar-refractivity contribution in [2.24, 2.45) is 5.92 Å². The molecular formula is C25H32Br2N2. The van der Waals surface area contributed by atoms with E-state index in [1.165, 1.54) is 5.56 Å². The summed E-state index contributed by atoms with van der Waals surface area (Å²) in [5.74, 6) is 0.212. The Morgan fingerprint density at radius 1 is 1.00 bits per heavy atom. The average Bonchev–Trinajstić information content (AvgIpc) is 2.70. The van der Waals surface area contributed by atoms with Crippen molar-refractivity contribution in [2.45, 2.75) is 65.0 Å². The van der Waals surface area contributed by atoms with Crippen LogP contribution in [0.5, 0.6) is 0 Å². The van der Waals surface area contributed by atoms with Crippen LogP contribution in [-0.4, -0.2) is 17.5 Å². The molecule has 2 aromatic rings. The first kappa shape index (κ1) is 24.1. The summed E-state index contributed by atoms with van der Waals surface area (Å²) in [7, 11) is 0. The zero-order valence-electron chi connectivity index (χ0n) is 18.0. The SMILES string of the molecule is CCCN(Cc1ccccc1)C(C)CCC(C#N)(c1c(Br)cccc1Br)C(C)C. The lowest BCUT2D eigenvalue weighted by Crippen LogP contribution is -2.37. The zero-order chi connectivity index (χ0) is 21.4. The molecule has 0 heterocycles. The largest absolute Gasteiger partial charge is 0.296 e. The van der Waals surface area contributed by atoms with E-state index in [9.17, 15) is 5.26 Å². The molecule has 0 saturated carbocycles. The number of benzene rings is 2. The van der Waals surface area contributed by atoms with Gasteiger partial charge in [0.15, 0.2) is 0 Å². The highest BCUT2D eigenvalue weighted by atomic mass is 79.9. The second-order valence-corrected chi connectivity index (χ2v) is 9.89. The van der Waals surface area contributed by atoms with Crippen LogP contribution in [0.3, 0.4) is 0 Å². The van der Waals surface area contributed by atoms with E-state index in [4.69, 9.17) is 0 Å². The van der Waals surface area contributed by atoms with Crippen molar-refractivity contribution in [3.63, 3.8) is 0 Å². The summed E-state index contributed by atoms with van der Waals surface area (Å²) in [6.07, 6.45) is 2.94. The number of nitrogens with zero attached hydrogens (tertiary/aromatic N) is 2. The number of halogens is 2. The summed E-state index contributed by atoms with van der Waals surface area (Å²) >= 11 is 7.41. The maximum absolute atomic E-state index is 10.3. The van der Waals surface area contributed by atoms with Gasteiger partial charge in [-0.05, 0) is 56.3 Å². The van der Waals surface area contributed by atoms with Crippen LogP contribution >= 0.6 is 31.9 Å². The van der Waals surface area contributed by atoms with Gasteiger partial charge in [0.05, 0.1) is 11.5 Å². The Kier molecular flexibility index (Phi) is 9.40. The predicted octanol–water partition coefficient (Wildman–Crippen LogP) is 7.71. The van der Waals surface area contributed by atoms with E-state index in [0.717, 1.165) is 46.9 Å². The fourth-order valence-corrected chi connectivity index (χ4v) is 5.75. The summed E-state index contributed by atoms with van der Waals surface area (Å²) in [6, 6.07) is 19.9. The molecule has 0 aliphatic heterocycles. The van der Waals surface area contributed by atoms with E-state index in [-0.39, 0.29) is 5.92 Å². The molecule has 0 amide bonds. The Balaban J connectivity index is 2.24. The summed E-state index contributed by atoms with van der Waals surface area (Å²) in [4.78, 5) is 2.55. The predicted molar refractivity (Wildman–Crippen MR) is 130 cm³/mol. The minimum atomic E-state index is -0.530. The number of rotatable bonds is 10. The van der Waals surface area contributed by atoms with Crippen molar-refractivity contribution < 1.29 is 0 Å². The normalized spacial score (nSPS) is 14.6. The molecule has 0 aliphatic rings. The van der Waals surface area contributed by atoms with Crippen molar-refractivity contribution in [3.8, 4) is 6.07 Å². The minimum Gasteiger partial charge on any atom is -0.296 e. The molecule has 0 N–H and O–H groups in total. The lowest BCUT2D eigenvalue weighted by molar-refractivity contribution is 0.177. The third-order valence-corrected chi connectivity index (χ3v) is 7.23. The van der Waals surface area contributed by atoms with Gasteiger partial charge < -0.3 is 0 Å². The zero-order valence-corrected chi connectivity index (χ0v) is 21.1. The van der Waals surface area contributed by atoms with Gasteiger partial charge >= 0.3 is 0 Å². The number of hydrogen-bond donors (Lipinski definition) is 0. The molecule has 0 bridgehead atoms. The number of hydrogen-bond acceptors (Lipinski definition) is 2. The minimum absolute atomic E-state index is 0.212. The summed E-state index contributed by atoms with van der Waals surface area (Å²) in [5, 5.41) is 10.3. The molecule has 0 fully saturated rings. The highest BCUT2D eigenvalue weighted by Gasteiger charge is 2.39. The van der Waals surface area contributed by atoms with Crippen LogP contribution in [0.25, 0.3) is 0 Å². The third kappa shape index (κ3) is 5.94. The topological polar surface area (TPSA) is 27.0 Å². The molecule has 0 radical (unpaired) electrons. The fourth-order valence-electron chi connectivity index (χ4n) is 4.05. The number of nitriles is 1. The van der Waals surface area contributed by atoms with E-state index in [0.29, 0.717) is 6.04 Å². The van der Waals surface area contributed by atoms with E-state index >= 15 is 0 Å². The van der Waals surface area contributed by atoms with Crippen LogP contribution in [0.4, 0.5) is 0 Å². The molecule has 0 spiro atoms. The van der Waals surface area contributed by atoms with E-state index in [1.807, 2.05) is 18.2 Å². The molecule has 0 aromatic heterocycles. The van der Waals surface area contributed by atoms with Crippen molar-refractivity contribution in [2.75, 3.05) is 6.54 Å². The molecule has 2 rings (SSSR count). The Bertz CT molecular complexity index is 793. The molecule has 0 saturated heterocycles. The Morgan fingerprint density at radius 3 is 2.14 bits per heavy atom. The fraction of sp³-hybridized carbons (Fsp3) is 0.480. The quantitative estimate of drug-likeness (QED) is 0.321. The lowest BCUT2D eigenvalue weighted by atomic mass is 9.69. The van der Waals surface area contributed by atoms with Gasteiger partial charge in [-0.15, -0.1) is 0 Å². The van der Waals surface area contributed by atoms with Crippen LogP contribution in [0.15, 0.2) is 57.5 Å². The Hall–Kier alpha value is -1.15. The van der Waals surface area contributed by atoms with Gasteiger partial charge in [0.2, 0.25) is 0 Å². The van der Waals surface area contributed by atoms with Gasteiger partial charge in [-0.2, -0.15) is 5.26 Å². The van der Waals surface area contributed by atoms with Gasteiger partial charge in [-0.25, -0.2) is 0 Å². The van der Waals surface area contributed by atoms with Crippen molar-refractivity contribution >= 4 is 31.9 Å². The van der Waals surface area contributed by atoms with Gasteiger partial charge in [-0.3, -0.25) is 4.90 Å². The first-order chi connectivity index (χ1) is 13.9. The first-order valence-electron chi connectivity index (χ1n) is 10.5. The van der Waals surface area contributed by atoms with Crippen molar-refractivity contribution in [1.29, 1.82) is 5.26 Å². The Morgan fingerprint density at radius 2 is 1.62 bits per heavy atom. The highest BCUT2D eigenvalue weighted by molar-refractivity contribution is 9.11. The van der Waals surface area contributed by atoms with Crippen molar-refractivity contribution in [3.05, 3.63) is 68.6 Å². The smallest absolute Gasteiger partial charge is 0.0867 e. The standard InChI is InChI=1S/C25H32Br2N2/c1-5-16-29(17-21-10-7-6-8-11-21)20(4)14-15-25(18-28,19(2)3)24-22(26)12-9-13-23(24)27/h6-13,19-20H,5,14-17H2,1-4H3. The summed E-state index contributed by atoms with van der Waals surface area (Å²) in [6.45, 7) is 10.9. The van der Waals surface area contributed by atoms with E-state index < -0.39 is 5.41 Å². The summed E-state index contributed by atoms with van der Waals surface area (Å²) in [5.41, 5.74) is 1.89. The maximum Gasteiger partial charge on any atom is 0.0867 e. The van der Waals surface area contributed by atoms with Gasteiger partial charge in [0.25, 0.3) is 0 Å². The van der Waals surface area contributed by atoms with Crippen molar-refractivity contribution in [1.82, 2.24) is 4.90 Å². The average molecular weight is 520 g/mol. The van der Waals surface area contributed by atoms with Gasteiger partial charge in [0, 0.05) is 27.1 Å². The van der Waals surface area contributed by atoms with Crippen LogP contribution < -0.4 is 0 Å². The lowest BCUT2D eigenvalue weighted by Gasteiger charge is -2.36. The molecule has 4 heteroatoms. The molecular weight excluding hydrogens is 488 g/mol. The highest BCUT2D eigenvalue weighted by Crippen LogP contribution is 2.44. The van der Waals surface area contributed by atoms with E-state index in [2.05, 4.69) is 101 Å².